The molecule has 0 saturated carbocycles. The summed E-state index contributed by atoms with van der Waals surface area (Å²) in [5, 5.41) is 3.16. The molecule has 164 valence electrons. The summed E-state index contributed by atoms with van der Waals surface area (Å²) in [5.41, 5.74) is 4.17. The second-order valence-corrected chi connectivity index (χ2v) is 7.35. The van der Waals surface area contributed by atoms with Gasteiger partial charge in [0.2, 0.25) is 5.95 Å². The third kappa shape index (κ3) is 5.74. The fourth-order valence-corrected chi connectivity index (χ4v) is 3.20. The van der Waals surface area contributed by atoms with Crippen LogP contribution in [-0.4, -0.2) is 37.6 Å². The van der Waals surface area contributed by atoms with Crippen LogP contribution in [0.5, 0.6) is 0 Å². The van der Waals surface area contributed by atoms with Crippen molar-refractivity contribution in [3.63, 3.8) is 0 Å². The van der Waals surface area contributed by atoms with Crippen molar-refractivity contribution in [1.82, 2.24) is 24.9 Å². The number of rotatable bonds is 7. The fraction of sp³-hybridized carbons (Fsp3) is 0.409. The fourth-order valence-electron chi connectivity index (χ4n) is 3.20. The topological polar surface area (TPSA) is 76.5 Å². The SMILES string of the molecule is C/C=C(\CCc1nc(NCCc2ccnc(C)c2)nc2nc(C)c(C)nc12)C(F)(F)F. The van der Waals surface area contributed by atoms with Gasteiger partial charge in [-0.15, -0.1) is 0 Å². The van der Waals surface area contributed by atoms with E-state index in [1.54, 1.807) is 6.20 Å². The average molecular weight is 430 g/mol. The van der Waals surface area contributed by atoms with Crippen LogP contribution in [0.4, 0.5) is 19.1 Å². The smallest absolute Gasteiger partial charge is 0.354 e. The molecule has 0 radical (unpaired) electrons. The molecule has 3 aromatic heterocycles. The van der Waals surface area contributed by atoms with Crippen LogP contribution < -0.4 is 5.32 Å². The maximum absolute atomic E-state index is 13.1. The number of fused-ring (bicyclic) bond motifs is 1. The van der Waals surface area contributed by atoms with E-state index in [4.69, 9.17) is 0 Å². The van der Waals surface area contributed by atoms with E-state index in [9.17, 15) is 13.2 Å². The predicted molar refractivity (Wildman–Crippen MR) is 114 cm³/mol. The number of pyridine rings is 1. The molecule has 3 rings (SSSR count). The third-order valence-corrected chi connectivity index (χ3v) is 5.02. The Bertz CT molecular complexity index is 1110. The Morgan fingerprint density at radius 3 is 2.45 bits per heavy atom. The number of halogens is 3. The van der Waals surface area contributed by atoms with E-state index in [-0.39, 0.29) is 12.8 Å². The number of alkyl halides is 3. The summed E-state index contributed by atoms with van der Waals surface area (Å²) in [5.74, 6) is 0.333. The number of hydrogen-bond donors (Lipinski definition) is 1. The highest BCUT2D eigenvalue weighted by molar-refractivity contribution is 5.74. The molecule has 0 unspecified atom stereocenters. The molecule has 0 aliphatic carbocycles. The van der Waals surface area contributed by atoms with Crippen molar-refractivity contribution in [2.24, 2.45) is 0 Å². The van der Waals surface area contributed by atoms with Crippen LogP contribution >= 0.6 is 0 Å². The van der Waals surface area contributed by atoms with E-state index in [2.05, 4.69) is 30.2 Å². The normalized spacial score (nSPS) is 12.4. The van der Waals surface area contributed by atoms with Gasteiger partial charge in [-0.3, -0.25) is 4.98 Å². The minimum atomic E-state index is -4.36. The molecule has 3 heterocycles. The number of aromatic nitrogens is 5. The van der Waals surface area contributed by atoms with Gasteiger partial charge in [-0.05, 0) is 64.7 Å². The minimum Gasteiger partial charge on any atom is -0.354 e. The van der Waals surface area contributed by atoms with Gasteiger partial charge < -0.3 is 5.32 Å². The molecule has 0 spiro atoms. The molecule has 9 heteroatoms. The van der Waals surface area contributed by atoms with Gasteiger partial charge in [-0.2, -0.15) is 18.2 Å². The zero-order valence-electron chi connectivity index (χ0n) is 18.0. The van der Waals surface area contributed by atoms with E-state index in [0.717, 1.165) is 29.4 Å². The number of anilines is 1. The van der Waals surface area contributed by atoms with Crippen molar-refractivity contribution >= 4 is 17.1 Å². The summed E-state index contributed by atoms with van der Waals surface area (Å²) in [6, 6.07) is 3.94. The van der Waals surface area contributed by atoms with E-state index < -0.39 is 11.7 Å². The van der Waals surface area contributed by atoms with Crippen LogP contribution in [0.2, 0.25) is 0 Å². The molecule has 0 aliphatic rings. The molecule has 3 aromatic rings. The van der Waals surface area contributed by atoms with Gasteiger partial charge in [-0.1, -0.05) is 6.08 Å². The van der Waals surface area contributed by atoms with E-state index >= 15 is 0 Å². The van der Waals surface area contributed by atoms with Crippen LogP contribution in [0.3, 0.4) is 0 Å². The van der Waals surface area contributed by atoms with Crippen molar-refractivity contribution in [2.45, 2.75) is 53.1 Å². The average Bonchev–Trinajstić information content (AvgIpc) is 2.69. The van der Waals surface area contributed by atoms with Crippen LogP contribution in [-0.2, 0) is 12.8 Å². The Morgan fingerprint density at radius 1 is 1.03 bits per heavy atom. The molecule has 6 nitrogen and oxygen atoms in total. The van der Waals surface area contributed by atoms with Crippen molar-refractivity contribution in [2.75, 3.05) is 11.9 Å². The zero-order chi connectivity index (χ0) is 22.6. The van der Waals surface area contributed by atoms with E-state index in [1.807, 2.05) is 32.9 Å². The maximum Gasteiger partial charge on any atom is 0.412 e. The van der Waals surface area contributed by atoms with Crippen molar-refractivity contribution in [3.8, 4) is 0 Å². The first kappa shape index (κ1) is 22.6. The number of allylic oxidation sites excluding steroid dienone is 2. The molecule has 31 heavy (non-hydrogen) atoms. The Labute approximate surface area is 179 Å². The molecular weight excluding hydrogens is 405 g/mol. The first-order valence-electron chi connectivity index (χ1n) is 10.1. The highest BCUT2D eigenvalue weighted by atomic mass is 19.4. The molecule has 0 fully saturated rings. The van der Waals surface area contributed by atoms with Crippen LogP contribution in [0.15, 0.2) is 30.0 Å². The summed E-state index contributed by atoms with van der Waals surface area (Å²) in [4.78, 5) is 22.1. The molecule has 1 N–H and O–H groups in total. The van der Waals surface area contributed by atoms with Gasteiger partial charge >= 0.3 is 6.18 Å². The lowest BCUT2D eigenvalue weighted by atomic mass is 10.1. The lowest BCUT2D eigenvalue weighted by Crippen LogP contribution is -2.14. The number of nitrogens with zero attached hydrogens (tertiary/aromatic N) is 5. The number of aryl methyl sites for hydroxylation is 4. The number of nitrogens with one attached hydrogen (secondary N) is 1. The number of hydrogen-bond acceptors (Lipinski definition) is 6. The first-order valence-corrected chi connectivity index (χ1v) is 10.1. The summed E-state index contributed by atoms with van der Waals surface area (Å²) in [6.07, 6.45) is -0.866. The minimum absolute atomic E-state index is 0.0909. The van der Waals surface area contributed by atoms with Gasteiger partial charge in [0.05, 0.1) is 17.1 Å². The molecule has 0 aromatic carbocycles. The predicted octanol–water partition coefficient (Wildman–Crippen LogP) is 4.84. The van der Waals surface area contributed by atoms with E-state index in [1.165, 1.54) is 6.92 Å². The van der Waals surface area contributed by atoms with Crippen molar-refractivity contribution < 1.29 is 13.2 Å². The highest BCUT2D eigenvalue weighted by Gasteiger charge is 2.32. The van der Waals surface area contributed by atoms with Crippen LogP contribution in [0.25, 0.3) is 11.2 Å². The Kier molecular flexibility index (Phi) is 6.82. The summed E-state index contributed by atoms with van der Waals surface area (Å²) in [7, 11) is 0. The Hall–Kier alpha value is -3.10. The molecule has 0 bridgehead atoms. The summed E-state index contributed by atoms with van der Waals surface area (Å²) < 4.78 is 39.4. The summed E-state index contributed by atoms with van der Waals surface area (Å²) in [6.45, 7) is 7.52. The molecule has 0 aliphatic heterocycles. The monoisotopic (exact) mass is 430 g/mol. The van der Waals surface area contributed by atoms with Gasteiger partial charge in [0.25, 0.3) is 0 Å². The molecule has 0 atom stereocenters. The molecular formula is C22H25F3N6. The van der Waals surface area contributed by atoms with Gasteiger partial charge in [-0.25, -0.2) is 15.0 Å². The van der Waals surface area contributed by atoms with Crippen molar-refractivity contribution in [1.29, 1.82) is 0 Å². The zero-order valence-corrected chi connectivity index (χ0v) is 18.0. The maximum atomic E-state index is 13.1. The largest absolute Gasteiger partial charge is 0.412 e. The standard InChI is InChI=1S/C22H25F3N6/c1-5-17(22(23,24)25)6-7-18-19-20(29-15(4)14(3)28-19)31-21(30-18)27-11-9-16-8-10-26-13(2)12-16/h5,8,10,12H,6-7,9,11H2,1-4H3,(H,27,29,30,31)/b17-5+. The van der Waals surface area contributed by atoms with Gasteiger partial charge in [0.15, 0.2) is 5.65 Å². The van der Waals surface area contributed by atoms with Crippen LogP contribution in [0, 0.1) is 20.8 Å². The Morgan fingerprint density at radius 2 is 1.77 bits per heavy atom. The van der Waals surface area contributed by atoms with E-state index in [0.29, 0.717) is 35.0 Å². The van der Waals surface area contributed by atoms with Gasteiger partial charge in [0.1, 0.15) is 5.52 Å². The van der Waals surface area contributed by atoms with Crippen LogP contribution in [0.1, 0.15) is 41.7 Å². The molecule has 0 saturated heterocycles. The van der Waals surface area contributed by atoms with Crippen molar-refractivity contribution in [3.05, 3.63) is 58.3 Å². The molecule has 0 amide bonds. The van der Waals surface area contributed by atoms with Gasteiger partial charge in [0, 0.05) is 24.0 Å². The third-order valence-electron chi connectivity index (χ3n) is 5.02. The quantitative estimate of drug-likeness (QED) is 0.541. The lowest BCUT2D eigenvalue weighted by molar-refractivity contribution is -0.0940. The lowest BCUT2D eigenvalue weighted by Gasteiger charge is -2.13. The highest BCUT2D eigenvalue weighted by Crippen LogP contribution is 2.29. The summed E-state index contributed by atoms with van der Waals surface area (Å²) >= 11 is 0. The second-order valence-electron chi connectivity index (χ2n) is 7.35. The Balaban J connectivity index is 1.85. The second kappa shape index (κ2) is 9.36. The first-order chi connectivity index (χ1) is 14.7.